The third kappa shape index (κ3) is 6.97. The molecule has 0 aromatic heterocycles. The molecule has 3 aromatic rings. The van der Waals surface area contributed by atoms with E-state index in [9.17, 15) is 9.59 Å². The van der Waals surface area contributed by atoms with Gasteiger partial charge in [-0.3, -0.25) is 9.59 Å². The number of amides is 2. The Bertz CT molecular complexity index is 1140. The molecule has 3 aromatic carbocycles. The highest BCUT2D eigenvalue weighted by Crippen LogP contribution is 2.21. The summed E-state index contributed by atoms with van der Waals surface area (Å²) in [4.78, 5) is 29.1. The molecule has 0 heterocycles. The number of carbonyl (C=O) groups excluding carboxylic acids is 2. The van der Waals surface area contributed by atoms with Crippen LogP contribution in [0.1, 0.15) is 47.9 Å². The summed E-state index contributed by atoms with van der Waals surface area (Å²) in [5.41, 5.74) is 4.12. The highest BCUT2D eigenvalue weighted by atomic mass is 16.5. The zero-order chi connectivity index (χ0) is 25.3. The van der Waals surface area contributed by atoms with Gasteiger partial charge in [-0.25, -0.2) is 0 Å². The summed E-state index contributed by atoms with van der Waals surface area (Å²) in [6.45, 7) is 4.21. The average Bonchev–Trinajstić information content (AvgIpc) is 3.40. The lowest BCUT2D eigenvalue weighted by Crippen LogP contribution is -2.53. The number of hydrogen-bond acceptors (Lipinski definition) is 3. The molecule has 4 rings (SSSR count). The second-order valence-corrected chi connectivity index (χ2v) is 9.76. The standard InChI is InChI=1S/C31H36N2O3/c1-23-16-18-26(19-17-23)21-33(30(34)22-36-29-15-9-6-10-24(29)2)28(20-25-11-4-3-5-12-25)31(35)32-27-13-7-8-14-27/h3-6,9-12,15-19,27-28H,7-8,13-14,20-22H2,1-2H3,(H,32,35)/t28-/m0/s1. The summed E-state index contributed by atoms with van der Waals surface area (Å²) in [6.07, 6.45) is 4.69. The van der Waals surface area contributed by atoms with E-state index < -0.39 is 6.04 Å². The maximum Gasteiger partial charge on any atom is 0.261 e. The van der Waals surface area contributed by atoms with E-state index >= 15 is 0 Å². The fourth-order valence-electron chi connectivity index (χ4n) is 4.75. The monoisotopic (exact) mass is 484 g/mol. The van der Waals surface area contributed by atoms with Gasteiger partial charge >= 0.3 is 0 Å². The first-order chi connectivity index (χ1) is 17.5. The van der Waals surface area contributed by atoms with Crippen LogP contribution in [-0.4, -0.2) is 35.4 Å². The lowest BCUT2D eigenvalue weighted by Gasteiger charge is -2.32. The molecule has 1 aliphatic rings. The zero-order valence-electron chi connectivity index (χ0n) is 21.3. The van der Waals surface area contributed by atoms with Gasteiger partial charge in [0, 0.05) is 19.0 Å². The fraction of sp³-hybridized carbons (Fsp3) is 0.355. The van der Waals surface area contributed by atoms with Gasteiger partial charge in [-0.2, -0.15) is 0 Å². The van der Waals surface area contributed by atoms with Gasteiger partial charge in [0.25, 0.3) is 5.91 Å². The first-order valence-corrected chi connectivity index (χ1v) is 12.9. The van der Waals surface area contributed by atoms with Gasteiger partial charge in [0.1, 0.15) is 11.8 Å². The minimum atomic E-state index is -0.637. The molecule has 1 atom stereocenters. The van der Waals surface area contributed by atoms with E-state index in [2.05, 4.69) is 5.32 Å². The molecule has 1 fully saturated rings. The Morgan fingerprint density at radius 3 is 2.25 bits per heavy atom. The van der Waals surface area contributed by atoms with Crippen LogP contribution >= 0.6 is 0 Å². The molecule has 2 amide bonds. The quantitative estimate of drug-likeness (QED) is 0.420. The first-order valence-electron chi connectivity index (χ1n) is 12.9. The molecule has 0 aliphatic heterocycles. The van der Waals surface area contributed by atoms with Crippen molar-refractivity contribution in [3.05, 3.63) is 101 Å². The molecule has 0 unspecified atom stereocenters. The molecule has 0 radical (unpaired) electrons. The molecule has 1 aliphatic carbocycles. The number of nitrogens with zero attached hydrogens (tertiary/aromatic N) is 1. The second-order valence-electron chi connectivity index (χ2n) is 9.76. The number of carbonyl (C=O) groups is 2. The van der Waals surface area contributed by atoms with Crippen molar-refractivity contribution in [1.29, 1.82) is 0 Å². The predicted octanol–water partition coefficient (Wildman–Crippen LogP) is 5.38. The van der Waals surface area contributed by atoms with Crippen LogP contribution in [-0.2, 0) is 22.6 Å². The van der Waals surface area contributed by atoms with E-state index in [-0.39, 0.29) is 24.5 Å². The molecular formula is C31H36N2O3. The summed E-state index contributed by atoms with van der Waals surface area (Å²) in [6, 6.07) is 25.2. The smallest absolute Gasteiger partial charge is 0.261 e. The van der Waals surface area contributed by atoms with Crippen LogP contribution < -0.4 is 10.1 Å². The van der Waals surface area contributed by atoms with Gasteiger partial charge in [0.2, 0.25) is 5.91 Å². The highest BCUT2D eigenvalue weighted by Gasteiger charge is 2.32. The average molecular weight is 485 g/mol. The van der Waals surface area contributed by atoms with Crippen LogP contribution in [0.15, 0.2) is 78.9 Å². The van der Waals surface area contributed by atoms with Crippen molar-refractivity contribution in [3.8, 4) is 5.75 Å². The Morgan fingerprint density at radius 2 is 1.56 bits per heavy atom. The van der Waals surface area contributed by atoms with E-state index in [1.807, 2.05) is 92.7 Å². The predicted molar refractivity (Wildman–Crippen MR) is 143 cm³/mol. The van der Waals surface area contributed by atoms with Crippen LogP contribution in [0.4, 0.5) is 0 Å². The molecule has 0 saturated heterocycles. The summed E-state index contributed by atoms with van der Waals surface area (Å²) < 4.78 is 5.93. The minimum Gasteiger partial charge on any atom is -0.484 e. The maximum atomic E-state index is 13.7. The number of para-hydroxylation sites is 1. The Kier molecular flexibility index (Phi) is 8.77. The Hall–Kier alpha value is -3.60. The number of hydrogen-bond donors (Lipinski definition) is 1. The molecule has 188 valence electrons. The van der Waals surface area contributed by atoms with Crippen molar-refractivity contribution < 1.29 is 14.3 Å². The lowest BCUT2D eigenvalue weighted by molar-refractivity contribution is -0.143. The first kappa shape index (κ1) is 25.5. The van der Waals surface area contributed by atoms with Gasteiger partial charge in [0.15, 0.2) is 6.61 Å². The number of nitrogens with one attached hydrogen (secondary N) is 1. The van der Waals surface area contributed by atoms with Gasteiger partial charge in [-0.05, 0) is 49.4 Å². The van der Waals surface area contributed by atoms with Gasteiger partial charge in [-0.1, -0.05) is 91.2 Å². The Balaban J connectivity index is 1.61. The van der Waals surface area contributed by atoms with E-state index in [1.165, 1.54) is 0 Å². The topological polar surface area (TPSA) is 58.6 Å². The van der Waals surface area contributed by atoms with E-state index in [0.717, 1.165) is 47.9 Å². The van der Waals surface area contributed by atoms with Crippen LogP contribution in [0.25, 0.3) is 0 Å². The summed E-state index contributed by atoms with van der Waals surface area (Å²) in [5.74, 6) is 0.375. The van der Waals surface area contributed by atoms with Gasteiger partial charge in [0.05, 0.1) is 0 Å². The molecule has 5 nitrogen and oxygen atoms in total. The van der Waals surface area contributed by atoms with Crippen molar-refractivity contribution in [2.45, 2.75) is 64.6 Å². The van der Waals surface area contributed by atoms with Crippen LogP contribution in [0.2, 0.25) is 0 Å². The fourth-order valence-corrected chi connectivity index (χ4v) is 4.75. The van der Waals surface area contributed by atoms with Gasteiger partial charge in [-0.15, -0.1) is 0 Å². The summed E-state index contributed by atoms with van der Waals surface area (Å²) in [5, 5.41) is 3.24. The Morgan fingerprint density at radius 1 is 0.889 bits per heavy atom. The summed E-state index contributed by atoms with van der Waals surface area (Å²) >= 11 is 0. The van der Waals surface area contributed by atoms with Crippen LogP contribution in [0.5, 0.6) is 5.75 Å². The molecule has 36 heavy (non-hydrogen) atoms. The van der Waals surface area contributed by atoms with Crippen molar-refractivity contribution in [2.75, 3.05) is 6.61 Å². The molecule has 0 bridgehead atoms. The maximum absolute atomic E-state index is 13.7. The normalized spacial score (nSPS) is 14.3. The van der Waals surface area contributed by atoms with Crippen molar-refractivity contribution >= 4 is 11.8 Å². The van der Waals surface area contributed by atoms with E-state index in [4.69, 9.17) is 4.74 Å². The van der Waals surface area contributed by atoms with Crippen molar-refractivity contribution in [1.82, 2.24) is 10.2 Å². The molecular weight excluding hydrogens is 448 g/mol. The van der Waals surface area contributed by atoms with E-state index in [0.29, 0.717) is 18.7 Å². The molecule has 5 heteroatoms. The minimum absolute atomic E-state index is 0.0953. The molecule has 0 spiro atoms. The zero-order valence-corrected chi connectivity index (χ0v) is 21.3. The van der Waals surface area contributed by atoms with Crippen LogP contribution in [0.3, 0.4) is 0 Å². The lowest BCUT2D eigenvalue weighted by atomic mass is 10.0. The van der Waals surface area contributed by atoms with Crippen molar-refractivity contribution in [3.63, 3.8) is 0 Å². The number of rotatable bonds is 10. The van der Waals surface area contributed by atoms with E-state index in [1.54, 1.807) is 4.90 Å². The Labute approximate surface area is 214 Å². The number of ether oxygens (including phenoxy) is 1. The largest absolute Gasteiger partial charge is 0.484 e. The highest BCUT2D eigenvalue weighted by molar-refractivity contribution is 5.88. The number of aryl methyl sites for hydroxylation is 2. The number of benzene rings is 3. The van der Waals surface area contributed by atoms with Crippen molar-refractivity contribution in [2.24, 2.45) is 0 Å². The van der Waals surface area contributed by atoms with Crippen LogP contribution in [0, 0.1) is 13.8 Å². The second kappa shape index (κ2) is 12.4. The van der Waals surface area contributed by atoms with Gasteiger partial charge < -0.3 is 15.0 Å². The molecule has 1 N–H and O–H groups in total. The molecule has 1 saturated carbocycles. The summed E-state index contributed by atoms with van der Waals surface area (Å²) in [7, 11) is 0. The SMILES string of the molecule is Cc1ccc(CN(C(=O)COc2ccccc2C)[C@@H](Cc2ccccc2)C(=O)NC2CCCC2)cc1. The third-order valence-electron chi connectivity index (χ3n) is 6.89. The third-order valence-corrected chi connectivity index (χ3v) is 6.89.